The molecular formula is C19H15Cl2NO3S. The third-order valence-electron chi connectivity index (χ3n) is 3.58. The van der Waals surface area contributed by atoms with Gasteiger partial charge in [-0.1, -0.05) is 29.3 Å². The lowest BCUT2D eigenvalue weighted by Crippen LogP contribution is -2.11. The predicted molar refractivity (Wildman–Crippen MR) is 106 cm³/mol. The van der Waals surface area contributed by atoms with Gasteiger partial charge >= 0.3 is 0 Å². The summed E-state index contributed by atoms with van der Waals surface area (Å²) in [6, 6.07) is 15.4. The van der Waals surface area contributed by atoms with E-state index in [9.17, 15) is 9.90 Å². The molecule has 1 unspecified atom stereocenters. The van der Waals surface area contributed by atoms with Gasteiger partial charge in [0, 0.05) is 21.3 Å². The zero-order chi connectivity index (χ0) is 18.5. The normalized spacial score (nSPS) is 11.8. The lowest BCUT2D eigenvalue weighted by atomic mass is 10.1. The van der Waals surface area contributed by atoms with Gasteiger partial charge in [-0.2, -0.15) is 0 Å². The Bertz CT molecular complexity index is 882. The first kappa shape index (κ1) is 18.7. The number of amides is 1. The first-order valence-electron chi connectivity index (χ1n) is 7.73. The van der Waals surface area contributed by atoms with Crippen molar-refractivity contribution in [3.8, 4) is 5.75 Å². The van der Waals surface area contributed by atoms with Crippen molar-refractivity contribution in [2.24, 2.45) is 0 Å². The molecule has 7 heteroatoms. The van der Waals surface area contributed by atoms with Crippen molar-refractivity contribution in [2.75, 3.05) is 11.9 Å². The number of ether oxygens (including phenoxy) is 1. The van der Waals surface area contributed by atoms with E-state index in [1.54, 1.807) is 48.5 Å². The molecule has 0 fully saturated rings. The molecular weight excluding hydrogens is 393 g/mol. The van der Waals surface area contributed by atoms with Crippen molar-refractivity contribution < 1.29 is 14.6 Å². The molecule has 0 radical (unpaired) electrons. The van der Waals surface area contributed by atoms with Gasteiger partial charge in [0.1, 0.15) is 18.5 Å². The molecule has 1 aromatic heterocycles. The van der Waals surface area contributed by atoms with Crippen LogP contribution in [0, 0.1) is 0 Å². The number of thiophene rings is 1. The van der Waals surface area contributed by atoms with Gasteiger partial charge in [-0.25, -0.2) is 0 Å². The first-order chi connectivity index (χ1) is 12.5. The van der Waals surface area contributed by atoms with Gasteiger partial charge in [-0.05, 0) is 53.9 Å². The van der Waals surface area contributed by atoms with Crippen molar-refractivity contribution in [1.82, 2.24) is 0 Å². The molecule has 0 aliphatic rings. The summed E-state index contributed by atoms with van der Waals surface area (Å²) in [7, 11) is 0. The minimum absolute atomic E-state index is 0.0287. The summed E-state index contributed by atoms with van der Waals surface area (Å²) < 4.78 is 5.59. The number of nitrogens with one attached hydrogen (secondary N) is 1. The highest BCUT2D eigenvalue weighted by Crippen LogP contribution is 2.27. The molecule has 0 saturated carbocycles. The molecule has 1 amide bonds. The fourth-order valence-electron chi connectivity index (χ4n) is 2.27. The fraction of sp³-hybridized carbons (Fsp3) is 0.105. The van der Waals surface area contributed by atoms with E-state index in [1.807, 2.05) is 11.4 Å². The van der Waals surface area contributed by atoms with Crippen molar-refractivity contribution in [1.29, 1.82) is 0 Å². The number of anilines is 1. The average Bonchev–Trinajstić information content (AvgIpc) is 3.18. The second-order valence-electron chi connectivity index (χ2n) is 5.45. The van der Waals surface area contributed by atoms with Crippen LogP contribution in [0.25, 0.3) is 0 Å². The van der Waals surface area contributed by atoms with Gasteiger partial charge in [0.25, 0.3) is 5.91 Å². The molecule has 2 aromatic carbocycles. The number of hydrogen-bond donors (Lipinski definition) is 2. The van der Waals surface area contributed by atoms with Gasteiger partial charge in [0.15, 0.2) is 0 Å². The van der Waals surface area contributed by atoms with Crippen LogP contribution in [0.15, 0.2) is 60.0 Å². The van der Waals surface area contributed by atoms with Crippen molar-refractivity contribution >= 4 is 46.1 Å². The lowest BCUT2D eigenvalue weighted by molar-refractivity contribution is 0.103. The molecule has 1 heterocycles. The Morgan fingerprint density at radius 1 is 1.15 bits per heavy atom. The maximum atomic E-state index is 12.0. The summed E-state index contributed by atoms with van der Waals surface area (Å²) in [4.78, 5) is 12.6. The Hall–Kier alpha value is -2.05. The van der Waals surface area contributed by atoms with E-state index >= 15 is 0 Å². The maximum Gasteiger partial charge on any atom is 0.265 e. The third-order valence-corrected chi connectivity index (χ3v) is 5.03. The van der Waals surface area contributed by atoms with Crippen LogP contribution in [0.2, 0.25) is 10.0 Å². The molecule has 4 nitrogen and oxygen atoms in total. The quantitative estimate of drug-likeness (QED) is 0.573. The van der Waals surface area contributed by atoms with Crippen LogP contribution >= 0.6 is 34.5 Å². The standard InChI is InChI=1S/C19H15Cl2NO3S/c20-12-3-8-16(21)15(10-12)17(23)11-25-14-6-4-13(5-7-14)22-19(24)18-2-1-9-26-18/h1-10,17,23H,11H2,(H,22,24). The summed E-state index contributed by atoms with van der Waals surface area (Å²) in [5, 5.41) is 15.8. The zero-order valence-electron chi connectivity index (χ0n) is 13.5. The van der Waals surface area contributed by atoms with Gasteiger partial charge in [0.05, 0.1) is 4.88 Å². The maximum absolute atomic E-state index is 12.0. The van der Waals surface area contributed by atoms with Crippen molar-refractivity contribution in [3.63, 3.8) is 0 Å². The Morgan fingerprint density at radius 3 is 2.62 bits per heavy atom. The average molecular weight is 408 g/mol. The summed E-state index contributed by atoms with van der Waals surface area (Å²) in [5.41, 5.74) is 1.17. The highest BCUT2D eigenvalue weighted by molar-refractivity contribution is 7.12. The smallest absolute Gasteiger partial charge is 0.265 e. The molecule has 0 aliphatic carbocycles. The summed E-state index contributed by atoms with van der Waals surface area (Å²) in [6.45, 7) is 0.0287. The number of rotatable bonds is 6. The van der Waals surface area contributed by atoms with Crippen LogP contribution < -0.4 is 10.1 Å². The zero-order valence-corrected chi connectivity index (χ0v) is 15.8. The Labute approximate surface area is 165 Å². The van der Waals surface area contributed by atoms with Crippen molar-refractivity contribution in [3.05, 3.63) is 80.5 Å². The molecule has 0 bridgehead atoms. The van der Waals surface area contributed by atoms with Gasteiger partial charge in [-0.3, -0.25) is 4.79 Å². The monoisotopic (exact) mass is 407 g/mol. The topological polar surface area (TPSA) is 58.6 Å². The summed E-state index contributed by atoms with van der Waals surface area (Å²) in [6.07, 6.45) is -0.903. The van der Waals surface area contributed by atoms with Crippen LogP contribution in [-0.2, 0) is 0 Å². The van der Waals surface area contributed by atoms with Crippen LogP contribution in [0.4, 0.5) is 5.69 Å². The Balaban J connectivity index is 1.57. The molecule has 3 aromatic rings. The van der Waals surface area contributed by atoms with E-state index in [-0.39, 0.29) is 12.5 Å². The molecule has 0 aliphatic heterocycles. The fourth-order valence-corrected chi connectivity index (χ4v) is 3.31. The number of hydrogen-bond acceptors (Lipinski definition) is 4. The van der Waals surface area contributed by atoms with E-state index in [0.29, 0.717) is 31.9 Å². The number of halogens is 2. The van der Waals surface area contributed by atoms with E-state index in [1.165, 1.54) is 11.3 Å². The van der Waals surface area contributed by atoms with E-state index in [0.717, 1.165) is 0 Å². The molecule has 3 rings (SSSR count). The molecule has 26 heavy (non-hydrogen) atoms. The van der Waals surface area contributed by atoms with Gasteiger partial charge in [-0.15, -0.1) is 11.3 Å². The van der Waals surface area contributed by atoms with Crippen LogP contribution in [0.3, 0.4) is 0 Å². The second-order valence-corrected chi connectivity index (χ2v) is 7.24. The lowest BCUT2D eigenvalue weighted by Gasteiger charge is -2.14. The molecule has 134 valence electrons. The number of aliphatic hydroxyl groups is 1. The predicted octanol–water partition coefficient (Wildman–Crippen LogP) is 5.42. The van der Waals surface area contributed by atoms with Gasteiger partial charge in [0.2, 0.25) is 0 Å². The molecule has 1 atom stereocenters. The van der Waals surface area contributed by atoms with Crippen LogP contribution in [0.5, 0.6) is 5.75 Å². The number of benzene rings is 2. The summed E-state index contributed by atoms with van der Waals surface area (Å²) in [5.74, 6) is 0.413. The highest BCUT2D eigenvalue weighted by atomic mass is 35.5. The van der Waals surface area contributed by atoms with Crippen LogP contribution in [-0.4, -0.2) is 17.6 Å². The first-order valence-corrected chi connectivity index (χ1v) is 9.37. The SMILES string of the molecule is O=C(Nc1ccc(OCC(O)c2cc(Cl)ccc2Cl)cc1)c1cccs1. The van der Waals surface area contributed by atoms with Crippen LogP contribution in [0.1, 0.15) is 21.3 Å². The van der Waals surface area contributed by atoms with Crippen molar-refractivity contribution in [2.45, 2.75) is 6.10 Å². The van der Waals surface area contributed by atoms with Gasteiger partial charge < -0.3 is 15.2 Å². The Morgan fingerprint density at radius 2 is 1.92 bits per heavy atom. The Kier molecular flexibility index (Phi) is 6.16. The molecule has 0 spiro atoms. The summed E-state index contributed by atoms with van der Waals surface area (Å²) >= 11 is 13.4. The van der Waals surface area contributed by atoms with E-state index in [2.05, 4.69) is 5.32 Å². The highest BCUT2D eigenvalue weighted by Gasteiger charge is 2.13. The molecule has 0 saturated heterocycles. The number of carbonyl (C=O) groups excluding carboxylic acids is 1. The number of aliphatic hydroxyl groups excluding tert-OH is 1. The van der Waals surface area contributed by atoms with E-state index < -0.39 is 6.10 Å². The third kappa shape index (κ3) is 4.77. The largest absolute Gasteiger partial charge is 0.491 e. The van der Waals surface area contributed by atoms with E-state index in [4.69, 9.17) is 27.9 Å². The second kappa shape index (κ2) is 8.56. The molecule has 2 N–H and O–H groups in total. The number of carbonyl (C=O) groups is 1. The minimum Gasteiger partial charge on any atom is -0.491 e. The minimum atomic E-state index is -0.903.